The minimum atomic E-state index is -1.01. The third-order valence-electron chi connectivity index (χ3n) is 4.96. The van der Waals surface area contributed by atoms with Crippen LogP contribution < -0.4 is 10.4 Å². The van der Waals surface area contributed by atoms with Gasteiger partial charge in [0, 0.05) is 5.39 Å². The average molecular weight is 384 g/mol. The molecule has 0 amide bonds. The molecule has 1 aromatic heterocycles. The lowest BCUT2D eigenvalue weighted by Crippen LogP contribution is -2.31. The summed E-state index contributed by atoms with van der Waals surface area (Å²) in [7, 11) is 1.53. The van der Waals surface area contributed by atoms with E-state index in [0.717, 1.165) is 12.8 Å². The first-order valence-corrected chi connectivity index (χ1v) is 9.25. The van der Waals surface area contributed by atoms with E-state index in [-0.39, 0.29) is 11.3 Å². The zero-order chi connectivity index (χ0) is 20.5. The van der Waals surface area contributed by atoms with Gasteiger partial charge in [-0.15, -0.1) is 0 Å². The van der Waals surface area contributed by atoms with Gasteiger partial charge >= 0.3 is 11.6 Å². The second kappa shape index (κ2) is 7.54. The summed E-state index contributed by atoms with van der Waals surface area (Å²) in [6.45, 7) is 5.79. The van der Waals surface area contributed by atoms with Crippen LogP contribution in [0.15, 0.2) is 39.5 Å². The summed E-state index contributed by atoms with van der Waals surface area (Å²) in [5.74, 6) is 0.0798. The highest BCUT2D eigenvalue weighted by Gasteiger charge is 2.33. The van der Waals surface area contributed by atoms with E-state index in [0.29, 0.717) is 34.1 Å². The molecule has 1 heterocycles. The highest BCUT2D eigenvalue weighted by atomic mass is 16.5. The smallest absolute Gasteiger partial charge is 0.344 e. The number of hydrogen-bond acceptors (Lipinski definition) is 6. The molecule has 1 N–H and O–H groups in total. The molecular weight excluding hydrogens is 360 g/mol. The molecule has 0 aliphatic rings. The number of benzene rings is 2. The molecule has 0 fully saturated rings. The van der Waals surface area contributed by atoms with Crippen LogP contribution in [-0.2, 0) is 14.9 Å². The molecule has 0 saturated heterocycles. The number of carbonyl (C=O) groups is 1. The largest absolute Gasteiger partial charge is 0.507 e. The molecule has 148 valence electrons. The maximum atomic E-state index is 12.5. The van der Waals surface area contributed by atoms with Gasteiger partial charge in [0.1, 0.15) is 17.1 Å². The molecule has 3 rings (SSSR count). The molecule has 6 heteroatoms. The standard InChI is InChI=1S/C22H24O6/c1-5-6-9-27-21(25)22(2,3)13-10-17(23)19-16-12-14(26-4)7-8-15(16)20(24)28-18(19)11-13/h7-8,10-12,23H,5-6,9H2,1-4H3. The van der Waals surface area contributed by atoms with Crippen molar-refractivity contribution in [2.24, 2.45) is 0 Å². The Hall–Kier alpha value is -3.02. The number of methoxy groups -OCH3 is 1. The second-order valence-corrected chi connectivity index (χ2v) is 7.28. The van der Waals surface area contributed by atoms with Gasteiger partial charge in [-0.25, -0.2) is 4.79 Å². The Morgan fingerprint density at radius 2 is 1.93 bits per heavy atom. The average Bonchev–Trinajstić information content (AvgIpc) is 2.67. The summed E-state index contributed by atoms with van der Waals surface area (Å²) in [4.78, 5) is 24.9. The molecule has 28 heavy (non-hydrogen) atoms. The number of fused-ring (bicyclic) bond motifs is 3. The Labute approximate surface area is 162 Å². The molecule has 0 saturated carbocycles. The maximum Gasteiger partial charge on any atom is 0.344 e. The van der Waals surface area contributed by atoms with E-state index >= 15 is 0 Å². The molecule has 0 aliphatic heterocycles. The Kier molecular flexibility index (Phi) is 5.31. The predicted molar refractivity (Wildman–Crippen MR) is 107 cm³/mol. The van der Waals surface area contributed by atoms with Crippen LogP contribution >= 0.6 is 0 Å². The van der Waals surface area contributed by atoms with E-state index in [1.165, 1.54) is 13.2 Å². The second-order valence-electron chi connectivity index (χ2n) is 7.28. The Morgan fingerprint density at radius 3 is 2.61 bits per heavy atom. The fourth-order valence-corrected chi connectivity index (χ4v) is 3.11. The fourth-order valence-electron chi connectivity index (χ4n) is 3.11. The van der Waals surface area contributed by atoms with Crippen LogP contribution in [0.5, 0.6) is 11.5 Å². The Bertz CT molecular complexity index is 1090. The van der Waals surface area contributed by atoms with E-state index in [1.807, 2.05) is 6.92 Å². The lowest BCUT2D eigenvalue weighted by Gasteiger charge is -2.23. The molecule has 6 nitrogen and oxygen atoms in total. The highest BCUT2D eigenvalue weighted by molar-refractivity contribution is 6.08. The van der Waals surface area contributed by atoms with Crippen LogP contribution in [0.3, 0.4) is 0 Å². The lowest BCUT2D eigenvalue weighted by atomic mass is 9.84. The van der Waals surface area contributed by atoms with Gasteiger partial charge in [0.2, 0.25) is 0 Å². The topological polar surface area (TPSA) is 86.0 Å². The molecule has 0 spiro atoms. The van der Waals surface area contributed by atoms with Crippen LogP contribution in [-0.4, -0.2) is 24.8 Å². The van der Waals surface area contributed by atoms with Gasteiger partial charge in [-0.1, -0.05) is 13.3 Å². The Morgan fingerprint density at radius 1 is 1.18 bits per heavy atom. The van der Waals surface area contributed by atoms with Crippen LogP contribution in [0.25, 0.3) is 21.7 Å². The van der Waals surface area contributed by atoms with Crippen molar-refractivity contribution in [1.29, 1.82) is 0 Å². The van der Waals surface area contributed by atoms with Crippen molar-refractivity contribution in [3.8, 4) is 11.5 Å². The number of rotatable bonds is 6. The van der Waals surface area contributed by atoms with Gasteiger partial charge in [0.15, 0.2) is 0 Å². The third kappa shape index (κ3) is 3.42. The van der Waals surface area contributed by atoms with Crippen LogP contribution in [0.2, 0.25) is 0 Å². The van der Waals surface area contributed by atoms with Gasteiger partial charge in [0.25, 0.3) is 0 Å². The number of ether oxygens (including phenoxy) is 2. The van der Waals surface area contributed by atoms with Crippen molar-refractivity contribution < 1.29 is 23.8 Å². The van der Waals surface area contributed by atoms with Crippen molar-refractivity contribution in [1.82, 2.24) is 0 Å². The number of unbranched alkanes of at least 4 members (excludes halogenated alkanes) is 1. The van der Waals surface area contributed by atoms with Gasteiger partial charge in [0.05, 0.1) is 29.9 Å². The predicted octanol–water partition coefficient (Wildman–Crippen LogP) is 4.28. The van der Waals surface area contributed by atoms with Crippen molar-refractivity contribution in [3.05, 3.63) is 46.3 Å². The number of carbonyl (C=O) groups excluding carboxylic acids is 1. The SMILES string of the molecule is CCCCOC(=O)C(C)(C)c1cc(O)c2c(c1)oc(=O)c1ccc(OC)cc12. The molecule has 0 aliphatic carbocycles. The van der Waals surface area contributed by atoms with Gasteiger partial charge < -0.3 is 19.0 Å². The van der Waals surface area contributed by atoms with Crippen molar-refractivity contribution >= 4 is 27.7 Å². The molecular formula is C22H24O6. The zero-order valence-electron chi connectivity index (χ0n) is 16.5. The maximum absolute atomic E-state index is 12.5. The number of hydrogen-bond donors (Lipinski definition) is 1. The van der Waals surface area contributed by atoms with Crippen molar-refractivity contribution in [2.75, 3.05) is 13.7 Å². The van der Waals surface area contributed by atoms with Crippen LogP contribution in [0.4, 0.5) is 0 Å². The van der Waals surface area contributed by atoms with Crippen molar-refractivity contribution in [3.63, 3.8) is 0 Å². The summed E-state index contributed by atoms with van der Waals surface area (Å²) in [5, 5.41) is 12.0. The fraction of sp³-hybridized carbons (Fsp3) is 0.364. The minimum absolute atomic E-state index is 0.0797. The van der Waals surface area contributed by atoms with Crippen LogP contribution in [0, 0.1) is 0 Å². The van der Waals surface area contributed by atoms with E-state index in [2.05, 4.69) is 0 Å². The first-order chi connectivity index (χ1) is 13.3. The summed E-state index contributed by atoms with van der Waals surface area (Å²) in [6.07, 6.45) is 1.71. The summed E-state index contributed by atoms with van der Waals surface area (Å²) in [5.41, 5.74) is -0.828. The third-order valence-corrected chi connectivity index (χ3v) is 4.96. The zero-order valence-corrected chi connectivity index (χ0v) is 16.5. The first kappa shape index (κ1) is 19.7. The molecule has 0 atom stereocenters. The normalized spacial score (nSPS) is 11.7. The molecule has 3 aromatic rings. The molecule has 0 unspecified atom stereocenters. The highest BCUT2D eigenvalue weighted by Crippen LogP contribution is 2.37. The summed E-state index contributed by atoms with van der Waals surface area (Å²) < 4.78 is 16.0. The van der Waals surface area contributed by atoms with Crippen LogP contribution in [0.1, 0.15) is 39.2 Å². The summed E-state index contributed by atoms with van der Waals surface area (Å²) >= 11 is 0. The van der Waals surface area contributed by atoms with Gasteiger partial charge in [-0.3, -0.25) is 4.79 Å². The first-order valence-electron chi connectivity index (χ1n) is 9.25. The molecule has 2 aromatic carbocycles. The monoisotopic (exact) mass is 384 g/mol. The minimum Gasteiger partial charge on any atom is -0.507 e. The summed E-state index contributed by atoms with van der Waals surface area (Å²) in [6, 6.07) is 8.06. The number of aromatic hydroxyl groups is 1. The molecule has 0 radical (unpaired) electrons. The number of esters is 1. The van der Waals surface area contributed by atoms with Crippen molar-refractivity contribution in [2.45, 2.75) is 39.0 Å². The van der Waals surface area contributed by atoms with Gasteiger partial charge in [-0.2, -0.15) is 0 Å². The number of phenolic OH excluding ortho intramolecular Hbond substituents is 1. The van der Waals surface area contributed by atoms with E-state index in [4.69, 9.17) is 13.9 Å². The molecule has 0 bridgehead atoms. The van der Waals surface area contributed by atoms with E-state index < -0.39 is 17.0 Å². The lowest BCUT2D eigenvalue weighted by molar-refractivity contribution is -0.149. The Balaban J connectivity index is 2.16. The van der Waals surface area contributed by atoms with E-state index in [9.17, 15) is 14.7 Å². The number of phenols is 1. The van der Waals surface area contributed by atoms with E-state index in [1.54, 1.807) is 38.1 Å². The van der Waals surface area contributed by atoms with Gasteiger partial charge in [-0.05, 0) is 56.2 Å². The quantitative estimate of drug-likeness (QED) is 0.295.